The summed E-state index contributed by atoms with van der Waals surface area (Å²) < 4.78 is 11.0. The number of hydrogen-bond acceptors (Lipinski definition) is 2. The zero-order valence-electron chi connectivity index (χ0n) is 12.1. The number of ether oxygens (including phenoxy) is 2. The minimum atomic E-state index is -0.136. The van der Waals surface area contributed by atoms with Crippen LogP contribution in [0.5, 0.6) is 0 Å². The Bertz CT molecular complexity index is 339. The van der Waals surface area contributed by atoms with Crippen LogP contribution in [-0.2, 0) is 15.9 Å². The summed E-state index contributed by atoms with van der Waals surface area (Å²) in [5.74, 6) is 0. The van der Waals surface area contributed by atoms with E-state index in [1.54, 1.807) is 0 Å². The summed E-state index contributed by atoms with van der Waals surface area (Å²) in [4.78, 5) is 0. The smallest absolute Gasteiger partial charge is 0.184 e. The van der Waals surface area contributed by atoms with Gasteiger partial charge in [0.05, 0.1) is 13.2 Å². The van der Waals surface area contributed by atoms with Gasteiger partial charge in [-0.2, -0.15) is 0 Å². The molecule has 1 aliphatic heterocycles. The lowest BCUT2D eigenvalue weighted by Crippen LogP contribution is -1.98. The Morgan fingerprint density at radius 1 is 0.895 bits per heavy atom. The summed E-state index contributed by atoms with van der Waals surface area (Å²) in [5.41, 5.74) is 2.57. The standard InChI is InChI=1S/C17H26O2/c1-2-3-4-5-6-7-8-15-9-11-16(12-10-15)17-18-13-14-19-17/h9-12,17H,2-8,13-14H2,1H3. The Labute approximate surface area is 117 Å². The molecular weight excluding hydrogens is 236 g/mol. The van der Waals surface area contributed by atoms with Gasteiger partial charge in [0.2, 0.25) is 0 Å². The molecular formula is C17H26O2. The van der Waals surface area contributed by atoms with Crippen molar-refractivity contribution in [2.45, 2.75) is 58.2 Å². The van der Waals surface area contributed by atoms with Crippen LogP contribution < -0.4 is 0 Å². The molecule has 0 aromatic heterocycles. The normalized spacial score (nSPS) is 16.1. The van der Waals surface area contributed by atoms with Crippen molar-refractivity contribution in [3.8, 4) is 0 Å². The van der Waals surface area contributed by atoms with E-state index in [9.17, 15) is 0 Å². The van der Waals surface area contributed by atoms with Crippen molar-refractivity contribution in [3.05, 3.63) is 35.4 Å². The minimum absolute atomic E-state index is 0.136. The zero-order chi connectivity index (χ0) is 13.3. The van der Waals surface area contributed by atoms with Gasteiger partial charge in [-0.1, -0.05) is 63.3 Å². The molecule has 0 spiro atoms. The molecule has 1 fully saturated rings. The van der Waals surface area contributed by atoms with Crippen LogP contribution in [0, 0.1) is 0 Å². The summed E-state index contributed by atoms with van der Waals surface area (Å²) in [6.45, 7) is 3.69. The van der Waals surface area contributed by atoms with E-state index < -0.39 is 0 Å². The van der Waals surface area contributed by atoms with Crippen molar-refractivity contribution in [3.63, 3.8) is 0 Å². The van der Waals surface area contributed by atoms with Crippen LogP contribution in [0.3, 0.4) is 0 Å². The third kappa shape index (κ3) is 4.96. The summed E-state index contributed by atoms with van der Waals surface area (Å²) in [6.07, 6.45) is 9.21. The van der Waals surface area contributed by atoms with E-state index >= 15 is 0 Å². The second-order valence-electron chi connectivity index (χ2n) is 5.33. The van der Waals surface area contributed by atoms with Crippen LogP contribution in [0.1, 0.15) is 62.9 Å². The van der Waals surface area contributed by atoms with E-state index in [4.69, 9.17) is 9.47 Å². The Hall–Kier alpha value is -0.860. The zero-order valence-corrected chi connectivity index (χ0v) is 12.1. The SMILES string of the molecule is CCCCCCCCc1ccc(C2OCCO2)cc1. The molecule has 0 bridgehead atoms. The lowest BCUT2D eigenvalue weighted by Gasteiger charge is -2.10. The van der Waals surface area contributed by atoms with E-state index in [2.05, 4.69) is 31.2 Å². The van der Waals surface area contributed by atoms with Gasteiger partial charge in [0, 0.05) is 5.56 Å². The fourth-order valence-electron chi connectivity index (χ4n) is 2.50. The maximum atomic E-state index is 5.49. The molecule has 2 nitrogen and oxygen atoms in total. The third-order valence-electron chi connectivity index (χ3n) is 3.69. The van der Waals surface area contributed by atoms with Gasteiger partial charge in [-0.15, -0.1) is 0 Å². The minimum Gasteiger partial charge on any atom is -0.346 e. The van der Waals surface area contributed by atoms with Gasteiger partial charge in [-0.3, -0.25) is 0 Å². The van der Waals surface area contributed by atoms with E-state index in [0.717, 1.165) is 5.56 Å². The average Bonchev–Trinajstić information content (AvgIpc) is 2.97. The van der Waals surface area contributed by atoms with Gasteiger partial charge in [0.1, 0.15) is 0 Å². The molecule has 0 unspecified atom stereocenters. The highest BCUT2D eigenvalue weighted by atomic mass is 16.7. The van der Waals surface area contributed by atoms with Gasteiger partial charge >= 0.3 is 0 Å². The molecule has 0 amide bonds. The van der Waals surface area contributed by atoms with E-state index in [1.807, 2.05) is 0 Å². The highest BCUT2D eigenvalue weighted by molar-refractivity contribution is 5.23. The van der Waals surface area contributed by atoms with Crippen molar-refractivity contribution in [1.29, 1.82) is 0 Å². The quantitative estimate of drug-likeness (QED) is 0.636. The first-order valence-corrected chi connectivity index (χ1v) is 7.72. The van der Waals surface area contributed by atoms with Gasteiger partial charge in [0.25, 0.3) is 0 Å². The molecule has 0 radical (unpaired) electrons. The summed E-state index contributed by atoms with van der Waals surface area (Å²) in [6, 6.07) is 8.71. The highest BCUT2D eigenvalue weighted by Crippen LogP contribution is 2.23. The fraction of sp³-hybridized carbons (Fsp3) is 0.647. The van der Waals surface area contributed by atoms with E-state index in [1.165, 1.54) is 50.5 Å². The second kappa shape index (κ2) is 8.34. The lowest BCUT2D eigenvalue weighted by molar-refractivity contribution is -0.0441. The number of unbranched alkanes of at least 4 members (excludes halogenated alkanes) is 5. The molecule has 0 aliphatic carbocycles. The third-order valence-corrected chi connectivity index (χ3v) is 3.69. The van der Waals surface area contributed by atoms with Gasteiger partial charge < -0.3 is 9.47 Å². The first kappa shape index (κ1) is 14.5. The number of aryl methyl sites for hydroxylation is 1. The molecule has 19 heavy (non-hydrogen) atoms. The number of hydrogen-bond donors (Lipinski definition) is 0. The molecule has 1 aliphatic rings. The van der Waals surface area contributed by atoms with Gasteiger partial charge in [0.15, 0.2) is 6.29 Å². The molecule has 1 aromatic rings. The molecule has 1 saturated heterocycles. The summed E-state index contributed by atoms with van der Waals surface area (Å²) >= 11 is 0. The molecule has 2 rings (SSSR count). The predicted molar refractivity (Wildman–Crippen MR) is 78.2 cm³/mol. The van der Waals surface area contributed by atoms with Gasteiger partial charge in [-0.05, 0) is 18.4 Å². The van der Waals surface area contributed by atoms with E-state index in [-0.39, 0.29) is 6.29 Å². The van der Waals surface area contributed by atoms with Crippen LogP contribution >= 0.6 is 0 Å². The second-order valence-corrected chi connectivity index (χ2v) is 5.33. The first-order valence-electron chi connectivity index (χ1n) is 7.72. The van der Waals surface area contributed by atoms with Crippen molar-refractivity contribution in [1.82, 2.24) is 0 Å². The monoisotopic (exact) mass is 262 g/mol. The number of rotatable bonds is 8. The van der Waals surface area contributed by atoms with Crippen LogP contribution in [-0.4, -0.2) is 13.2 Å². The van der Waals surface area contributed by atoms with E-state index in [0.29, 0.717) is 13.2 Å². The predicted octanol–water partition coefficient (Wildman–Crippen LogP) is 4.64. The Kier molecular flexibility index (Phi) is 6.38. The van der Waals surface area contributed by atoms with Crippen LogP contribution in [0.15, 0.2) is 24.3 Å². The topological polar surface area (TPSA) is 18.5 Å². The first-order chi connectivity index (χ1) is 9.40. The molecule has 1 heterocycles. The Balaban J connectivity index is 1.67. The maximum absolute atomic E-state index is 5.49. The summed E-state index contributed by atoms with van der Waals surface area (Å²) in [7, 11) is 0. The van der Waals surface area contributed by atoms with Crippen molar-refractivity contribution in [2.24, 2.45) is 0 Å². The number of benzene rings is 1. The van der Waals surface area contributed by atoms with Crippen molar-refractivity contribution in [2.75, 3.05) is 13.2 Å². The molecule has 0 saturated carbocycles. The fourth-order valence-corrected chi connectivity index (χ4v) is 2.50. The average molecular weight is 262 g/mol. The maximum Gasteiger partial charge on any atom is 0.184 e. The molecule has 1 aromatic carbocycles. The Morgan fingerprint density at radius 3 is 2.21 bits per heavy atom. The van der Waals surface area contributed by atoms with Gasteiger partial charge in [-0.25, -0.2) is 0 Å². The molecule has 106 valence electrons. The molecule has 0 atom stereocenters. The largest absolute Gasteiger partial charge is 0.346 e. The molecule has 0 N–H and O–H groups in total. The highest BCUT2D eigenvalue weighted by Gasteiger charge is 2.17. The summed E-state index contributed by atoms with van der Waals surface area (Å²) in [5, 5.41) is 0. The Morgan fingerprint density at radius 2 is 1.53 bits per heavy atom. The molecule has 2 heteroatoms. The van der Waals surface area contributed by atoms with Crippen molar-refractivity contribution >= 4 is 0 Å². The van der Waals surface area contributed by atoms with Crippen LogP contribution in [0.4, 0.5) is 0 Å². The van der Waals surface area contributed by atoms with Crippen molar-refractivity contribution < 1.29 is 9.47 Å². The van der Waals surface area contributed by atoms with Crippen LogP contribution in [0.2, 0.25) is 0 Å². The lowest BCUT2D eigenvalue weighted by atomic mass is 10.0. The van der Waals surface area contributed by atoms with Crippen LogP contribution in [0.25, 0.3) is 0 Å².